The second-order valence-corrected chi connectivity index (χ2v) is 7.51. The van der Waals surface area contributed by atoms with Crippen molar-refractivity contribution in [1.29, 1.82) is 0 Å². The summed E-state index contributed by atoms with van der Waals surface area (Å²) in [7, 11) is 0. The van der Waals surface area contributed by atoms with E-state index >= 15 is 0 Å². The lowest BCUT2D eigenvalue weighted by Crippen LogP contribution is -2.47. The van der Waals surface area contributed by atoms with Gasteiger partial charge >= 0.3 is 0 Å². The molecule has 0 bridgehead atoms. The first-order valence-electron chi connectivity index (χ1n) is 9.23. The highest BCUT2D eigenvalue weighted by atomic mass is 32.2. The molecule has 0 atom stereocenters. The molecule has 0 radical (unpaired) electrons. The summed E-state index contributed by atoms with van der Waals surface area (Å²) in [5.74, 6) is 2.89. The number of thioether (sulfide) groups is 1. The number of aliphatic imine (C=N–C) groups is 1. The molecule has 1 aliphatic heterocycles. The van der Waals surface area contributed by atoms with Crippen LogP contribution in [-0.4, -0.2) is 54.0 Å². The maximum Gasteiger partial charge on any atom is 0.193 e. The average molecular weight is 374 g/mol. The van der Waals surface area contributed by atoms with Crippen LogP contribution in [0.15, 0.2) is 63.0 Å². The van der Waals surface area contributed by atoms with Crippen LogP contribution in [0.5, 0.6) is 0 Å². The standard InChI is InChI=1S/C20H27N3O2S/c24-17-9-13-23(14-10-17)20(21-11-8-18-5-4-15-25-18)22-12-16-26-19-6-2-1-3-7-19/h1-7,15,17,24H,8-14,16H2,(H,21,22). The SMILES string of the molecule is OC1CCN(C(=NCCc2ccco2)NCCSc2ccccc2)CC1. The average Bonchev–Trinajstić information content (AvgIpc) is 3.19. The maximum atomic E-state index is 9.75. The van der Waals surface area contributed by atoms with Crippen molar-refractivity contribution >= 4 is 17.7 Å². The van der Waals surface area contributed by atoms with Crippen molar-refractivity contribution in [2.45, 2.75) is 30.3 Å². The summed E-state index contributed by atoms with van der Waals surface area (Å²) in [5.41, 5.74) is 0. The van der Waals surface area contributed by atoms with E-state index in [4.69, 9.17) is 9.41 Å². The van der Waals surface area contributed by atoms with Gasteiger partial charge in [-0.1, -0.05) is 18.2 Å². The molecule has 140 valence electrons. The normalized spacial score (nSPS) is 16.0. The van der Waals surface area contributed by atoms with Gasteiger partial charge in [-0.2, -0.15) is 0 Å². The summed E-state index contributed by atoms with van der Waals surface area (Å²) in [6, 6.07) is 14.3. The molecule has 0 unspecified atom stereocenters. The number of aliphatic hydroxyl groups excluding tert-OH is 1. The van der Waals surface area contributed by atoms with E-state index in [1.54, 1.807) is 6.26 Å². The van der Waals surface area contributed by atoms with Gasteiger partial charge in [0.15, 0.2) is 5.96 Å². The quantitative estimate of drug-likeness (QED) is 0.338. The van der Waals surface area contributed by atoms with Gasteiger partial charge in [-0.3, -0.25) is 4.99 Å². The summed E-state index contributed by atoms with van der Waals surface area (Å²) in [5, 5.41) is 13.2. The summed E-state index contributed by atoms with van der Waals surface area (Å²) in [6.07, 6.45) is 3.93. The predicted molar refractivity (Wildman–Crippen MR) is 107 cm³/mol. The molecule has 0 aliphatic carbocycles. The van der Waals surface area contributed by atoms with Crippen molar-refractivity contribution in [2.75, 3.05) is 31.9 Å². The van der Waals surface area contributed by atoms with Gasteiger partial charge in [0.2, 0.25) is 0 Å². The number of likely N-dealkylation sites (tertiary alicyclic amines) is 1. The molecule has 0 saturated carbocycles. The fraction of sp³-hybridized carbons (Fsp3) is 0.450. The van der Waals surface area contributed by atoms with Crippen molar-refractivity contribution in [1.82, 2.24) is 10.2 Å². The van der Waals surface area contributed by atoms with E-state index in [2.05, 4.69) is 34.5 Å². The van der Waals surface area contributed by atoms with Gasteiger partial charge in [-0.25, -0.2) is 0 Å². The van der Waals surface area contributed by atoms with Gasteiger partial charge in [0.1, 0.15) is 5.76 Å². The molecule has 1 aromatic carbocycles. The number of rotatable bonds is 7. The summed E-state index contributed by atoms with van der Waals surface area (Å²) < 4.78 is 5.38. The molecule has 26 heavy (non-hydrogen) atoms. The second-order valence-electron chi connectivity index (χ2n) is 6.34. The zero-order valence-electron chi connectivity index (χ0n) is 15.0. The summed E-state index contributed by atoms with van der Waals surface area (Å²) in [4.78, 5) is 8.31. The van der Waals surface area contributed by atoms with Crippen LogP contribution in [-0.2, 0) is 6.42 Å². The van der Waals surface area contributed by atoms with Crippen molar-refractivity contribution in [3.63, 3.8) is 0 Å². The molecule has 0 spiro atoms. The Kier molecular flexibility index (Phi) is 7.46. The molecule has 1 aliphatic rings. The summed E-state index contributed by atoms with van der Waals surface area (Å²) in [6.45, 7) is 3.25. The first-order chi connectivity index (χ1) is 12.8. The van der Waals surface area contributed by atoms with E-state index in [1.165, 1.54) is 4.90 Å². The zero-order valence-corrected chi connectivity index (χ0v) is 15.8. The number of piperidine rings is 1. The monoisotopic (exact) mass is 373 g/mol. The minimum atomic E-state index is -0.177. The third-order valence-electron chi connectivity index (χ3n) is 4.36. The molecule has 6 heteroatoms. The lowest BCUT2D eigenvalue weighted by molar-refractivity contribution is 0.108. The molecule has 5 nitrogen and oxygen atoms in total. The van der Waals surface area contributed by atoms with Crippen LogP contribution in [0.4, 0.5) is 0 Å². The molecule has 1 aromatic heterocycles. The van der Waals surface area contributed by atoms with Crippen LogP contribution in [0.3, 0.4) is 0 Å². The molecule has 2 aromatic rings. The van der Waals surface area contributed by atoms with E-state index in [0.717, 1.165) is 56.4 Å². The first-order valence-corrected chi connectivity index (χ1v) is 10.2. The number of nitrogens with zero attached hydrogens (tertiary/aromatic N) is 2. The molecule has 3 rings (SSSR count). The van der Waals surface area contributed by atoms with Gasteiger partial charge in [0.05, 0.1) is 12.4 Å². The highest BCUT2D eigenvalue weighted by Crippen LogP contribution is 2.16. The van der Waals surface area contributed by atoms with Gasteiger partial charge in [0, 0.05) is 43.2 Å². The number of aliphatic hydroxyl groups is 1. The number of hydrogen-bond donors (Lipinski definition) is 2. The van der Waals surface area contributed by atoms with Gasteiger partial charge < -0.3 is 19.7 Å². The topological polar surface area (TPSA) is 61.0 Å². The lowest BCUT2D eigenvalue weighted by Gasteiger charge is -2.32. The van der Waals surface area contributed by atoms with Crippen LogP contribution < -0.4 is 5.32 Å². The lowest BCUT2D eigenvalue weighted by atomic mass is 10.1. The van der Waals surface area contributed by atoms with E-state index in [0.29, 0.717) is 6.54 Å². The number of guanidine groups is 1. The Hall–Kier alpha value is -1.92. The molecule has 0 amide bonds. The van der Waals surface area contributed by atoms with Crippen molar-refractivity contribution in [2.24, 2.45) is 4.99 Å². The Bertz CT molecular complexity index is 653. The fourth-order valence-electron chi connectivity index (χ4n) is 2.92. The number of hydrogen-bond acceptors (Lipinski definition) is 4. The van der Waals surface area contributed by atoms with Gasteiger partial charge in [-0.15, -0.1) is 11.8 Å². The van der Waals surface area contributed by atoms with Crippen molar-refractivity contribution in [3.8, 4) is 0 Å². The van der Waals surface area contributed by atoms with Crippen LogP contribution >= 0.6 is 11.8 Å². The molecule has 2 heterocycles. The van der Waals surface area contributed by atoms with Crippen LogP contribution in [0, 0.1) is 0 Å². The smallest absolute Gasteiger partial charge is 0.193 e. The third-order valence-corrected chi connectivity index (χ3v) is 5.37. The van der Waals surface area contributed by atoms with Crippen molar-refractivity contribution < 1.29 is 9.52 Å². The minimum absolute atomic E-state index is 0.177. The number of nitrogens with one attached hydrogen (secondary N) is 1. The predicted octanol–water partition coefficient (Wildman–Crippen LogP) is 3.02. The highest BCUT2D eigenvalue weighted by molar-refractivity contribution is 7.99. The van der Waals surface area contributed by atoms with Crippen LogP contribution in [0.1, 0.15) is 18.6 Å². The number of furan rings is 1. The van der Waals surface area contributed by atoms with Crippen LogP contribution in [0.2, 0.25) is 0 Å². The van der Waals surface area contributed by atoms with Crippen molar-refractivity contribution in [3.05, 3.63) is 54.5 Å². The van der Waals surface area contributed by atoms with E-state index < -0.39 is 0 Å². The third kappa shape index (κ3) is 6.11. The Balaban J connectivity index is 1.50. The van der Waals surface area contributed by atoms with Gasteiger partial charge in [0.25, 0.3) is 0 Å². The Morgan fingerprint density at radius 2 is 2.00 bits per heavy atom. The number of benzene rings is 1. The van der Waals surface area contributed by atoms with E-state index in [-0.39, 0.29) is 6.10 Å². The van der Waals surface area contributed by atoms with E-state index in [1.807, 2.05) is 30.0 Å². The second kappa shape index (κ2) is 10.3. The van der Waals surface area contributed by atoms with Gasteiger partial charge in [-0.05, 0) is 37.1 Å². The zero-order chi connectivity index (χ0) is 18.0. The highest BCUT2D eigenvalue weighted by Gasteiger charge is 2.19. The van der Waals surface area contributed by atoms with Crippen LogP contribution in [0.25, 0.3) is 0 Å². The fourth-order valence-corrected chi connectivity index (χ4v) is 3.71. The molecule has 1 fully saturated rings. The molecule has 2 N–H and O–H groups in total. The summed E-state index contributed by atoms with van der Waals surface area (Å²) >= 11 is 1.84. The first kappa shape index (κ1) is 18.9. The molecular weight excluding hydrogens is 346 g/mol. The Morgan fingerprint density at radius 1 is 1.19 bits per heavy atom. The Morgan fingerprint density at radius 3 is 2.73 bits per heavy atom. The Labute approximate surface area is 159 Å². The minimum Gasteiger partial charge on any atom is -0.469 e. The maximum absolute atomic E-state index is 9.75. The molecule has 1 saturated heterocycles. The largest absolute Gasteiger partial charge is 0.469 e. The molecular formula is C20H27N3O2S. The van der Waals surface area contributed by atoms with E-state index in [9.17, 15) is 5.11 Å².